The van der Waals surface area contributed by atoms with Crippen LogP contribution in [0.3, 0.4) is 0 Å². The molecule has 0 saturated carbocycles. The van der Waals surface area contributed by atoms with Crippen molar-refractivity contribution in [1.82, 2.24) is 0 Å². The summed E-state index contributed by atoms with van der Waals surface area (Å²) in [5, 5.41) is 0. The van der Waals surface area contributed by atoms with Crippen LogP contribution in [0.1, 0.15) is 39.3 Å². The molecule has 0 radical (unpaired) electrons. The Kier molecular flexibility index (Phi) is 7.17. The molecule has 44 heavy (non-hydrogen) atoms. The third-order valence-corrected chi connectivity index (χ3v) is 8.77. The van der Waals surface area contributed by atoms with Crippen LogP contribution in [0.25, 0.3) is 16.7 Å². The van der Waals surface area contributed by atoms with Crippen molar-refractivity contribution in [2.75, 3.05) is 11.5 Å². The van der Waals surface area contributed by atoms with E-state index in [2.05, 4.69) is 164 Å². The van der Waals surface area contributed by atoms with Crippen molar-refractivity contribution in [3.8, 4) is 0 Å². The molecule has 2 heteroatoms. The van der Waals surface area contributed by atoms with Gasteiger partial charge in [-0.25, -0.2) is 0 Å². The van der Waals surface area contributed by atoms with Gasteiger partial charge in [0.2, 0.25) is 0 Å². The van der Waals surface area contributed by atoms with E-state index in [1.54, 1.807) is 0 Å². The Morgan fingerprint density at radius 2 is 0.932 bits per heavy atom. The summed E-state index contributed by atoms with van der Waals surface area (Å²) in [5.74, 6) is -0.0769. The van der Waals surface area contributed by atoms with Crippen LogP contribution in [0.4, 0.5) is 11.4 Å². The second kappa shape index (κ2) is 11.6. The third kappa shape index (κ3) is 4.71. The molecule has 1 aliphatic rings. The van der Waals surface area contributed by atoms with Crippen LogP contribution in [-0.4, -0.2) is 0 Å². The summed E-state index contributed by atoms with van der Waals surface area (Å²) in [6, 6.07) is 60.0. The van der Waals surface area contributed by atoms with Crippen molar-refractivity contribution in [1.29, 1.82) is 0 Å². The average Bonchev–Trinajstić information content (AvgIpc) is 3.09. The number of hydrogen-bond acceptors (Lipinski definition) is 2. The minimum atomic E-state index is -0.657. The molecule has 0 amide bonds. The van der Waals surface area contributed by atoms with Crippen molar-refractivity contribution in [3.05, 3.63) is 209 Å². The molecule has 7 rings (SSSR count). The fourth-order valence-corrected chi connectivity index (χ4v) is 7.00. The highest BCUT2D eigenvalue weighted by atomic mass is 14.6. The zero-order valence-electron chi connectivity index (χ0n) is 24.5. The Labute approximate surface area is 259 Å². The number of allylic oxidation sites excluding steroid dienone is 4. The maximum absolute atomic E-state index is 6.61. The Balaban J connectivity index is 1.75. The normalized spacial score (nSPS) is 18.1. The highest BCUT2D eigenvalue weighted by Gasteiger charge is 2.50. The van der Waals surface area contributed by atoms with E-state index in [1.165, 1.54) is 33.4 Å². The van der Waals surface area contributed by atoms with Gasteiger partial charge < -0.3 is 11.5 Å². The van der Waals surface area contributed by atoms with E-state index in [1.807, 2.05) is 12.1 Å². The SMILES string of the molecule is Nc1cccc(C2=C(c3ccccc3)C(c3ccccc3)=CC(c3ccccc3)C2(c2ccccc2)c2cccc(N)c2)c1. The first-order valence-electron chi connectivity index (χ1n) is 15.1. The molecule has 0 saturated heterocycles. The van der Waals surface area contributed by atoms with Crippen LogP contribution in [0.2, 0.25) is 0 Å². The van der Waals surface area contributed by atoms with Crippen molar-refractivity contribution in [2.45, 2.75) is 11.3 Å². The average molecular weight is 567 g/mol. The number of nitrogen functional groups attached to an aromatic ring is 2. The van der Waals surface area contributed by atoms with Gasteiger partial charge in [-0.1, -0.05) is 152 Å². The molecule has 0 bridgehead atoms. The molecular formula is C42H34N2. The molecule has 0 aliphatic heterocycles. The fourth-order valence-electron chi connectivity index (χ4n) is 7.00. The predicted octanol–water partition coefficient (Wildman–Crippen LogP) is 9.63. The Morgan fingerprint density at radius 3 is 1.55 bits per heavy atom. The first-order valence-corrected chi connectivity index (χ1v) is 15.1. The third-order valence-electron chi connectivity index (χ3n) is 8.77. The molecule has 6 aromatic rings. The zero-order valence-corrected chi connectivity index (χ0v) is 24.5. The Hall–Kier alpha value is -5.60. The number of anilines is 2. The summed E-state index contributed by atoms with van der Waals surface area (Å²) in [7, 11) is 0. The lowest BCUT2D eigenvalue weighted by Gasteiger charge is -2.48. The van der Waals surface area contributed by atoms with Gasteiger partial charge in [0.05, 0.1) is 5.41 Å². The van der Waals surface area contributed by atoms with Gasteiger partial charge in [0, 0.05) is 17.3 Å². The molecule has 1 aliphatic carbocycles. The van der Waals surface area contributed by atoms with Crippen LogP contribution in [0.15, 0.2) is 176 Å². The van der Waals surface area contributed by atoms with Gasteiger partial charge in [0.15, 0.2) is 0 Å². The summed E-state index contributed by atoms with van der Waals surface area (Å²) >= 11 is 0. The highest BCUT2D eigenvalue weighted by Crippen LogP contribution is 2.61. The fraction of sp³-hybridized carbons (Fsp3) is 0.0476. The number of hydrogen-bond donors (Lipinski definition) is 2. The maximum Gasteiger partial charge on any atom is 0.0567 e. The van der Waals surface area contributed by atoms with E-state index in [9.17, 15) is 0 Å². The van der Waals surface area contributed by atoms with Crippen LogP contribution in [0.5, 0.6) is 0 Å². The van der Waals surface area contributed by atoms with Crippen LogP contribution in [0, 0.1) is 0 Å². The molecule has 212 valence electrons. The lowest BCUT2D eigenvalue weighted by molar-refractivity contribution is 0.587. The topological polar surface area (TPSA) is 52.0 Å². The molecule has 0 fully saturated rings. The van der Waals surface area contributed by atoms with E-state index in [0.29, 0.717) is 0 Å². The Bertz CT molecular complexity index is 1960. The van der Waals surface area contributed by atoms with Gasteiger partial charge in [-0.3, -0.25) is 0 Å². The highest BCUT2D eigenvalue weighted by molar-refractivity contribution is 6.19. The summed E-state index contributed by atoms with van der Waals surface area (Å²) < 4.78 is 0. The largest absolute Gasteiger partial charge is 0.399 e. The summed E-state index contributed by atoms with van der Waals surface area (Å²) in [6.45, 7) is 0. The first-order chi connectivity index (χ1) is 21.7. The molecule has 0 aromatic heterocycles. The number of rotatable bonds is 6. The van der Waals surface area contributed by atoms with Crippen molar-refractivity contribution in [2.24, 2.45) is 0 Å². The van der Waals surface area contributed by atoms with Gasteiger partial charge >= 0.3 is 0 Å². The standard InChI is InChI=1S/C42H34N2/c43-36-25-13-21-33(27-36)41-40(32-19-9-3-10-20-32)38(30-15-5-1-6-16-30)29-39(31-17-7-2-8-18-31)42(41,34-22-11-4-12-23-34)35-24-14-26-37(44)28-35/h1-29,39H,43-44H2. The second-order valence-electron chi connectivity index (χ2n) is 11.4. The minimum absolute atomic E-state index is 0.0769. The molecular weight excluding hydrogens is 532 g/mol. The molecule has 0 heterocycles. The van der Waals surface area contributed by atoms with E-state index in [-0.39, 0.29) is 5.92 Å². The molecule has 4 N–H and O–H groups in total. The predicted molar refractivity (Wildman–Crippen MR) is 186 cm³/mol. The summed E-state index contributed by atoms with van der Waals surface area (Å²) in [4.78, 5) is 0. The number of nitrogens with two attached hydrogens (primary N) is 2. The van der Waals surface area contributed by atoms with Crippen LogP contribution in [-0.2, 0) is 5.41 Å². The van der Waals surface area contributed by atoms with E-state index < -0.39 is 5.41 Å². The smallest absolute Gasteiger partial charge is 0.0567 e. The number of benzene rings is 6. The van der Waals surface area contributed by atoms with Crippen LogP contribution < -0.4 is 11.5 Å². The van der Waals surface area contributed by atoms with Gasteiger partial charge in [-0.2, -0.15) is 0 Å². The van der Waals surface area contributed by atoms with Gasteiger partial charge in [-0.05, 0) is 74.4 Å². The minimum Gasteiger partial charge on any atom is -0.399 e. The lowest BCUT2D eigenvalue weighted by Crippen LogP contribution is -2.39. The maximum atomic E-state index is 6.61. The molecule has 0 spiro atoms. The molecule has 6 aromatic carbocycles. The first kappa shape index (κ1) is 27.2. The molecule has 2 unspecified atom stereocenters. The van der Waals surface area contributed by atoms with E-state index in [0.717, 1.165) is 28.1 Å². The van der Waals surface area contributed by atoms with Crippen molar-refractivity contribution < 1.29 is 0 Å². The van der Waals surface area contributed by atoms with E-state index >= 15 is 0 Å². The van der Waals surface area contributed by atoms with Gasteiger partial charge in [0.1, 0.15) is 0 Å². The Morgan fingerprint density at radius 1 is 0.432 bits per heavy atom. The van der Waals surface area contributed by atoms with Crippen LogP contribution >= 0.6 is 0 Å². The summed E-state index contributed by atoms with van der Waals surface area (Å²) in [5.41, 5.74) is 24.5. The van der Waals surface area contributed by atoms with Crippen molar-refractivity contribution >= 4 is 28.1 Å². The van der Waals surface area contributed by atoms with Gasteiger partial charge in [0.25, 0.3) is 0 Å². The monoisotopic (exact) mass is 566 g/mol. The second-order valence-corrected chi connectivity index (χ2v) is 11.4. The summed E-state index contributed by atoms with van der Waals surface area (Å²) in [6.07, 6.45) is 2.49. The quantitative estimate of drug-likeness (QED) is 0.197. The lowest BCUT2D eigenvalue weighted by atomic mass is 9.53. The van der Waals surface area contributed by atoms with Gasteiger partial charge in [-0.15, -0.1) is 0 Å². The van der Waals surface area contributed by atoms with E-state index in [4.69, 9.17) is 11.5 Å². The molecule has 2 nitrogen and oxygen atoms in total. The molecule has 2 atom stereocenters. The van der Waals surface area contributed by atoms with Crippen molar-refractivity contribution in [3.63, 3.8) is 0 Å². The zero-order chi connectivity index (χ0) is 29.9.